The van der Waals surface area contributed by atoms with Gasteiger partial charge in [-0.25, -0.2) is 0 Å². The third-order valence-corrected chi connectivity index (χ3v) is 2.37. The lowest BCUT2D eigenvalue weighted by atomic mass is 10.0. The Balaban J connectivity index is 2.55. The normalized spacial score (nSPS) is 10.1. The predicted octanol–water partition coefficient (Wildman–Crippen LogP) is 2.11. The van der Waals surface area contributed by atoms with E-state index in [-0.39, 0.29) is 5.91 Å². The van der Waals surface area contributed by atoms with Crippen molar-refractivity contribution in [3.8, 4) is 0 Å². The second kappa shape index (κ2) is 4.80. The number of primary amides is 1. The van der Waals surface area contributed by atoms with E-state index >= 15 is 0 Å². The fraction of sp³-hybridized carbons (Fsp3) is 0.417. The highest BCUT2D eigenvalue weighted by atomic mass is 16.1. The summed E-state index contributed by atoms with van der Waals surface area (Å²) in [5.74, 6) is -0.213. The molecule has 14 heavy (non-hydrogen) atoms. The van der Waals surface area contributed by atoms with Crippen LogP contribution in [0.1, 0.15) is 29.5 Å². The van der Waals surface area contributed by atoms with Crippen LogP contribution in [0.2, 0.25) is 0 Å². The molecule has 0 unspecified atom stereocenters. The fourth-order valence-corrected chi connectivity index (χ4v) is 1.58. The average molecular weight is 191 g/mol. The zero-order valence-electron chi connectivity index (χ0n) is 8.84. The van der Waals surface area contributed by atoms with Crippen LogP contribution in [0.4, 0.5) is 0 Å². The summed E-state index contributed by atoms with van der Waals surface area (Å²) in [5.41, 5.74) is 8.98. The van der Waals surface area contributed by atoms with Crippen molar-refractivity contribution in [2.45, 2.75) is 33.1 Å². The first-order valence-electron chi connectivity index (χ1n) is 4.94. The van der Waals surface area contributed by atoms with Gasteiger partial charge in [0.2, 0.25) is 5.91 Å². The Bertz CT molecular complexity index is 331. The van der Waals surface area contributed by atoms with E-state index < -0.39 is 0 Å². The number of aryl methyl sites for hydroxylation is 3. The number of carbonyl (C=O) groups excluding carboxylic acids is 1. The highest BCUT2D eigenvalue weighted by Gasteiger charge is 2.00. The van der Waals surface area contributed by atoms with Crippen molar-refractivity contribution in [2.75, 3.05) is 0 Å². The van der Waals surface area contributed by atoms with Crippen LogP contribution in [0.15, 0.2) is 18.2 Å². The van der Waals surface area contributed by atoms with E-state index in [2.05, 4.69) is 32.0 Å². The summed E-state index contributed by atoms with van der Waals surface area (Å²) in [6.07, 6.45) is 2.27. The summed E-state index contributed by atoms with van der Waals surface area (Å²) in [6.45, 7) is 4.19. The van der Waals surface area contributed by atoms with Crippen LogP contribution in [0, 0.1) is 13.8 Å². The second-order valence-electron chi connectivity index (χ2n) is 3.75. The lowest BCUT2D eigenvalue weighted by Crippen LogP contribution is -2.10. The van der Waals surface area contributed by atoms with Gasteiger partial charge in [0.15, 0.2) is 0 Å². The number of hydrogen-bond donors (Lipinski definition) is 1. The fourth-order valence-electron chi connectivity index (χ4n) is 1.58. The zero-order valence-corrected chi connectivity index (χ0v) is 8.84. The standard InChI is InChI=1S/C12H17NO/c1-9-6-7-11(10(2)8-9)4-3-5-12(13)14/h6-8H,3-5H2,1-2H3,(H2,13,14). The van der Waals surface area contributed by atoms with Crippen molar-refractivity contribution in [3.05, 3.63) is 34.9 Å². The molecule has 1 amide bonds. The Kier molecular flexibility index (Phi) is 3.69. The summed E-state index contributed by atoms with van der Waals surface area (Å²) in [5, 5.41) is 0. The number of benzene rings is 1. The summed E-state index contributed by atoms with van der Waals surface area (Å²) in [4.78, 5) is 10.6. The van der Waals surface area contributed by atoms with Crippen LogP contribution in [-0.2, 0) is 11.2 Å². The van der Waals surface area contributed by atoms with Crippen molar-refractivity contribution in [1.82, 2.24) is 0 Å². The third kappa shape index (κ3) is 3.21. The SMILES string of the molecule is Cc1ccc(CCCC(N)=O)c(C)c1. The minimum absolute atomic E-state index is 0.213. The first-order chi connectivity index (χ1) is 6.59. The van der Waals surface area contributed by atoms with Crippen LogP contribution in [-0.4, -0.2) is 5.91 Å². The molecule has 0 saturated heterocycles. The Morgan fingerprint density at radius 1 is 1.36 bits per heavy atom. The van der Waals surface area contributed by atoms with Crippen molar-refractivity contribution in [1.29, 1.82) is 0 Å². The number of carbonyl (C=O) groups is 1. The van der Waals surface area contributed by atoms with E-state index in [1.165, 1.54) is 16.7 Å². The van der Waals surface area contributed by atoms with Gasteiger partial charge >= 0.3 is 0 Å². The van der Waals surface area contributed by atoms with Crippen molar-refractivity contribution < 1.29 is 4.79 Å². The quantitative estimate of drug-likeness (QED) is 0.778. The molecule has 0 aliphatic heterocycles. The van der Waals surface area contributed by atoms with Crippen LogP contribution in [0.5, 0.6) is 0 Å². The van der Waals surface area contributed by atoms with E-state index in [4.69, 9.17) is 5.73 Å². The Labute approximate surface area is 85.1 Å². The molecule has 0 aliphatic carbocycles. The van der Waals surface area contributed by atoms with E-state index in [9.17, 15) is 4.79 Å². The molecular formula is C12H17NO. The Morgan fingerprint density at radius 3 is 2.64 bits per heavy atom. The number of hydrogen-bond acceptors (Lipinski definition) is 1. The molecule has 0 heterocycles. The van der Waals surface area contributed by atoms with Gasteiger partial charge in [0.05, 0.1) is 0 Å². The van der Waals surface area contributed by atoms with E-state index in [0.717, 1.165) is 12.8 Å². The second-order valence-corrected chi connectivity index (χ2v) is 3.75. The minimum Gasteiger partial charge on any atom is -0.370 e. The largest absolute Gasteiger partial charge is 0.370 e. The molecule has 1 aromatic rings. The van der Waals surface area contributed by atoms with Crippen molar-refractivity contribution in [2.24, 2.45) is 5.73 Å². The molecule has 0 aromatic heterocycles. The predicted molar refractivity (Wildman–Crippen MR) is 58.0 cm³/mol. The number of nitrogens with two attached hydrogens (primary N) is 1. The van der Waals surface area contributed by atoms with Gasteiger partial charge in [0.25, 0.3) is 0 Å². The maximum Gasteiger partial charge on any atom is 0.217 e. The van der Waals surface area contributed by atoms with Gasteiger partial charge in [0.1, 0.15) is 0 Å². The monoisotopic (exact) mass is 191 g/mol. The summed E-state index contributed by atoms with van der Waals surface area (Å²) < 4.78 is 0. The van der Waals surface area contributed by atoms with Crippen LogP contribution in [0.25, 0.3) is 0 Å². The first-order valence-corrected chi connectivity index (χ1v) is 4.94. The van der Waals surface area contributed by atoms with Crippen molar-refractivity contribution in [3.63, 3.8) is 0 Å². The number of amides is 1. The Morgan fingerprint density at radius 2 is 2.07 bits per heavy atom. The highest BCUT2D eigenvalue weighted by molar-refractivity contribution is 5.73. The van der Waals surface area contributed by atoms with Crippen LogP contribution < -0.4 is 5.73 Å². The van der Waals surface area contributed by atoms with Gasteiger partial charge in [-0.05, 0) is 37.8 Å². The molecule has 0 saturated carbocycles. The zero-order chi connectivity index (χ0) is 10.6. The molecule has 2 heteroatoms. The van der Waals surface area contributed by atoms with Crippen molar-refractivity contribution >= 4 is 5.91 Å². The summed E-state index contributed by atoms with van der Waals surface area (Å²) >= 11 is 0. The molecular weight excluding hydrogens is 174 g/mol. The number of rotatable bonds is 4. The van der Waals surface area contributed by atoms with Gasteiger partial charge in [-0.3, -0.25) is 4.79 Å². The topological polar surface area (TPSA) is 43.1 Å². The molecule has 76 valence electrons. The first kappa shape index (κ1) is 10.8. The molecule has 0 atom stereocenters. The maximum absolute atomic E-state index is 10.6. The van der Waals surface area contributed by atoms with E-state index in [0.29, 0.717) is 6.42 Å². The summed E-state index contributed by atoms with van der Waals surface area (Å²) in [7, 11) is 0. The van der Waals surface area contributed by atoms with Gasteiger partial charge in [-0.2, -0.15) is 0 Å². The molecule has 2 nitrogen and oxygen atoms in total. The highest BCUT2D eigenvalue weighted by Crippen LogP contribution is 2.13. The van der Waals surface area contributed by atoms with Gasteiger partial charge in [-0.15, -0.1) is 0 Å². The molecule has 0 spiro atoms. The maximum atomic E-state index is 10.6. The van der Waals surface area contributed by atoms with Gasteiger partial charge < -0.3 is 5.73 Å². The molecule has 0 radical (unpaired) electrons. The molecule has 0 bridgehead atoms. The van der Waals surface area contributed by atoms with Gasteiger partial charge in [0, 0.05) is 6.42 Å². The molecule has 1 rings (SSSR count). The Hall–Kier alpha value is -1.31. The average Bonchev–Trinajstić information content (AvgIpc) is 2.08. The van der Waals surface area contributed by atoms with E-state index in [1.54, 1.807) is 0 Å². The molecule has 2 N–H and O–H groups in total. The molecule has 1 aromatic carbocycles. The minimum atomic E-state index is -0.213. The smallest absolute Gasteiger partial charge is 0.217 e. The van der Waals surface area contributed by atoms with Crippen LogP contribution in [0.3, 0.4) is 0 Å². The van der Waals surface area contributed by atoms with Crippen LogP contribution >= 0.6 is 0 Å². The lowest BCUT2D eigenvalue weighted by Gasteiger charge is -2.05. The summed E-state index contributed by atoms with van der Waals surface area (Å²) in [6, 6.07) is 6.40. The van der Waals surface area contributed by atoms with Gasteiger partial charge in [-0.1, -0.05) is 23.8 Å². The lowest BCUT2D eigenvalue weighted by molar-refractivity contribution is -0.118. The molecule has 0 aliphatic rings. The third-order valence-electron chi connectivity index (χ3n) is 2.37. The van der Waals surface area contributed by atoms with E-state index in [1.807, 2.05) is 0 Å². The molecule has 0 fully saturated rings.